The van der Waals surface area contributed by atoms with Gasteiger partial charge in [-0.3, -0.25) is 9.78 Å². The summed E-state index contributed by atoms with van der Waals surface area (Å²) in [4.78, 5) is 14.4. The van der Waals surface area contributed by atoms with E-state index < -0.39 is 28.6 Å². The number of hydrogen-bond donors (Lipinski definition) is 3. The minimum absolute atomic E-state index is 0.246. The third-order valence-corrected chi connectivity index (χ3v) is 3.60. The van der Waals surface area contributed by atoms with E-state index in [4.69, 9.17) is 10.2 Å². The average molecular weight is 274 g/mol. The summed E-state index contributed by atoms with van der Waals surface area (Å²) in [5.41, 5.74) is 0.784. The van der Waals surface area contributed by atoms with E-state index >= 15 is 0 Å². The molecular weight excluding hydrogens is 260 g/mol. The van der Waals surface area contributed by atoms with E-state index in [1.54, 1.807) is 24.5 Å². The molecule has 0 saturated carbocycles. The highest BCUT2D eigenvalue weighted by Crippen LogP contribution is 2.00. The van der Waals surface area contributed by atoms with E-state index in [1.807, 2.05) is 4.72 Å². The van der Waals surface area contributed by atoms with Gasteiger partial charge in [0.1, 0.15) is 6.04 Å². The average Bonchev–Trinajstić information content (AvgIpc) is 2.35. The maximum atomic E-state index is 11.6. The Morgan fingerprint density at radius 2 is 2.00 bits per heavy atom. The van der Waals surface area contributed by atoms with Gasteiger partial charge < -0.3 is 10.2 Å². The summed E-state index contributed by atoms with van der Waals surface area (Å²) < 4.78 is 25.1. The highest BCUT2D eigenvalue weighted by molar-refractivity contribution is 7.89. The van der Waals surface area contributed by atoms with E-state index in [1.165, 1.54) is 0 Å². The van der Waals surface area contributed by atoms with Crippen molar-refractivity contribution in [1.29, 1.82) is 0 Å². The van der Waals surface area contributed by atoms with Crippen LogP contribution in [0.2, 0.25) is 0 Å². The third kappa shape index (κ3) is 4.78. The fraction of sp³-hybridized carbons (Fsp3) is 0.400. The van der Waals surface area contributed by atoms with E-state index in [-0.39, 0.29) is 12.2 Å². The summed E-state index contributed by atoms with van der Waals surface area (Å²) in [6.07, 6.45) is 3.34. The molecule has 18 heavy (non-hydrogen) atoms. The number of carboxylic acid groups (broad SMARTS) is 1. The number of aliphatic hydroxyl groups excluding tert-OH is 1. The van der Waals surface area contributed by atoms with Crippen LogP contribution in [0.25, 0.3) is 0 Å². The van der Waals surface area contributed by atoms with E-state index in [9.17, 15) is 13.2 Å². The molecule has 0 saturated heterocycles. The topological polar surface area (TPSA) is 117 Å². The van der Waals surface area contributed by atoms with Gasteiger partial charge in [-0.25, -0.2) is 8.42 Å². The van der Waals surface area contributed by atoms with Gasteiger partial charge in [0.05, 0.1) is 12.4 Å². The van der Waals surface area contributed by atoms with Crippen LogP contribution in [0.3, 0.4) is 0 Å². The van der Waals surface area contributed by atoms with Crippen molar-refractivity contribution in [3.63, 3.8) is 0 Å². The molecule has 0 amide bonds. The van der Waals surface area contributed by atoms with Crippen molar-refractivity contribution >= 4 is 16.0 Å². The quantitative estimate of drug-likeness (QED) is 0.586. The first-order valence-electron chi connectivity index (χ1n) is 5.17. The number of carboxylic acids is 1. The Bertz CT molecular complexity index is 488. The minimum Gasteiger partial charge on any atom is -0.480 e. The zero-order valence-corrected chi connectivity index (χ0v) is 10.3. The maximum Gasteiger partial charge on any atom is 0.324 e. The molecule has 1 aromatic heterocycles. The van der Waals surface area contributed by atoms with Gasteiger partial charge in [-0.05, 0) is 24.1 Å². The molecule has 8 heteroatoms. The van der Waals surface area contributed by atoms with Crippen molar-refractivity contribution < 1.29 is 23.4 Å². The molecule has 0 bridgehead atoms. The molecule has 0 aliphatic rings. The Morgan fingerprint density at radius 3 is 2.50 bits per heavy atom. The molecule has 0 radical (unpaired) electrons. The van der Waals surface area contributed by atoms with Crippen LogP contribution in [0.5, 0.6) is 0 Å². The number of hydrogen-bond acceptors (Lipinski definition) is 5. The number of rotatable bonds is 7. The van der Waals surface area contributed by atoms with Gasteiger partial charge in [0, 0.05) is 12.4 Å². The molecular formula is C10H14N2O5S. The van der Waals surface area contributed by atoms with Crippen LogP contribution in [0, 0.1) is 0 Å². The Hall–Kier alpha value is -1.51. The lowest BCUT2D eigenvalue weighted by Gasteiger charge is -2.11. The molecule has 0 aliphatic heterocycles. The molecule has 0 fully saturated rings. The lowest BCUT2D eigenvalue weighted by atomic mass is 10.2. The fourth-order valence-corrected chi connectivity index (χ4v) is 2.47. The van der Waals surface area contributed by atoms with Crippen molar-refractivity contribution in [2.75, 3.05) is 12.4 Å². The molecule has 7 nitrogen and oxygen atoms in total. The van der Waals surface area contributed by atoms with Crippen LogP contribution in [0.4, 0.5) is 0 Å². The Kier molecular flexibility index (Phi) is 5.20. The number of carbonyl (C=O) groups is 1. The summed E-state index contributed by atoms with van der Waals surface area (Å²) in [7, 11) is -3.75. The zero-order chi connectivity index (χ0) is 13.6. The second kappa shape index (κ2) is 6.43. The van der Waals surface area contributed by atoms with Gasteiger partial charge in [0.15, 0.2) is 0 Å². The van der Waals surface area contributed by atoms with E-state index in [0.29, 0.717) is 0 Å². The van der Waals surface area contributed by atoms with Crippen molar-refractivity contribution in [3.8, 4) is 0 Å². The van der Waals surface area contributed by atoms with Gasteiger partial charge >= 0.3 is 5.97 Å². The van der Waals surface area contributed by atoms with Crippen LogP contribution < -0.4 is 4.72 Å². The number of aliphatic hydroxyl groups is 1. The molecule has 1 rings (SSSR count). The fourth-order valence-electron chi connectivity index (χ4n) is 1.24. The molecule has 0 unspecified atom stereocenters. The van der Waals surface area contributed by atoms with Crippen molar-refractivity contribution in [3.05, 3.63) is 30.1 Å². The van der Waals surface area contributed by atoms with Crippen molar-refractivity contribution in [2.24, 2.45) is 0 Å². The number of aromatic nitrogens is 1. The van der Waals surface area contributed by atoms with Gasteiger partial charge in [0.2, 0.25) is 10.0 Å². The summed E-state index contributed by atoms with van der Waals surface area (Å²) in [5.74, 6) is -1.66. The monoisotopic (exact) mass is 274 g/mol. The largest absolute Gasteiger partial charge is 0.480 e. The van der Waals surface area contributed by atoms with Gasteiger partial charge in [0.25, 0.3) is 0 Å². The van der Waals surface area contributed by atoms with Crippen molar-refractivity contribution in [1.82, 2.24) is 9.71 Å². The molecule has 3 N–H and O–H groups in total. The first-order chi connectivity index (χ1) is 8.44. The van der Waals surface area contributed by atoms with Gasteiger partial charge in [-0.2, -0.15) is 4.72 Å². The summed E-state index contributed by atoms with van der Waals surface area (Å²) >= 11 is 0. The molecule has 0 aliphatic carbocycles. The highest BCUT2D eigenvalue weighted by atomic mass is 32.2. The first-order valence-corrected chi connectivity index (χ1v) is 6.82. The predicted octanol–water partition coefficient (Wildman–Crippen LogP) is -1.01. The maximum absolute atomic E-state index is 11.6. The normalized spacial score (nSPS) is 13.2. The smallest absolute Gasteiger partial charge is 0.324 e. The summed E-state index contributed by atoms with van der Waals surface area (Å²) in [5, 5.41) is 17.4. The van der Waals surface area contributed by atoms with Gasteiger partial charge in [-0.15, -0.1) is 0 Å². The SMILES string of the molecule is O=C(O)[C@H](CO)NS(=O)(=O)CCc1ccncc1. The zero-order valence-electron chi connectivity index (χ0n) is 9.48. The molecule has 1 heterocycles. The molecule has 1 aromatic rings. The second-order valence-electron chi connectivity index (χ2n) is 3.62. The summed E-state index contributed by atoms with van der Waals surface area (Å²) in [6.45, 7) is -0.788. The summed E-state index contributed by atoms with van der Waals surface area (Å²) in [6, 6.07) is 1.85. The highest BCUT2D eigenvalue weighted by Gasteiger charge is 2.22. The molecule has 0 spiro atoms. The number of nitrogens with zero attached hydrogens (tertiary/aromatic N) is 1. The minimum atomic E-state index is -3.75. The molecule has 1 atom stereocenters. The second-order valence-corrected chi connectivity index (χ2v) is 5.49. The molecule has 0 aromatic carbocycles. The van der Waals surface area contributed by atoms with Crippen LogP contribution >= 0.6 is 0 Å². The van der Waals surface area contributed by atoms with Crippen LogP contribution in [-0.2, 0) is 21.2 Å². The Balaban J connectivity index is 2.57. The molecule has 100 valence electrons. The third-order valence-electron chi connectivity index (χ3n) is 2.21. The lowest BCUT2D eigenvalue weighted by molar-refractivity contribution is -0.139. The number of sulfonamides is 1. The Labute approximate surface area is 105 Å². The number of aryl methyl sites for hydroxylation is 1. The predicted molar refractivity (Wildman–Crippen MR) is 63.4 cm³/mol. The first kappa shape index (κ1) is 14.6. The van der Waals surface area contributed by atoms with Crippen LogP contribution in [-0.4, -0.2) is 48.0 Å². The Morgan fingerprint density at radius 1 is 1.39 bits per heavy atom. The van der Waals surface area contributed by atoms with E-state index in [2.05, 4.69) is 4.98 Å². The van der Waals surface area contributed by atoms with Crippen LogP contribution in [0.1, 0.15) is 5.56 Å². The standard InChI is InChI=1S/C10H14N2O5S/c13-7-9(10(14)15)12-18(16,17)6-3-8-1-4-11-5-2-8/h1-2,4-5,9,12-13H,3,6-7H2,(H,14,15)/t9-/m0/s1. The van der Waals surface area contributed by atoms with Crippen LogP contribution in [0.15, 0.2) is 24.5 Å². The number of pyridine rings is 1. The lowest BCUT2D eigenvalue weighted by Crippen LogP contribution is -2.44. The van der Waals surface area contributed by atoms with Crippen molar-refractivity contribution in [2.45, 2.75) is 12.5 Å². The van der Waals surface area contributed by atoms with E-state index in [0.717, 1.165) is 5.56 Å². The number of aliphatic carboxylic acids is 1. The number of nitrogens with one attached hydrogen (secondary N) is 1. The van der Waals surface area contributed by atoms with Gasteiger partial charge in [-0.1, -0.05) is 0 Å².